The Labute approximate surface area is 116 Å². The summed E-state index contributed by atoms with van der Waals surface area (Å²) in [5.41, 5.74) is 0.947. The summed E-state index contributed by atoms with van der Waals surface area (Å²) in [4.78, 5) is 11.7. The highest BCUT2D eigenvalue weighted by Gasteiger charge is 2.26. The lowest BCUT2D eigenvalue weighted by atomic mass is 10.0. The van der Waals surface area contributed by atoms with Crippen LogP contribution in [-0.4, -0.2) is 37.6 Å². The van der Waals surface area contributed by atoms with Crippen LogP contribution in [0.25, 0.3) is 11.4 Å². The van der Waals surface area contributed by atoms with Gasteiger partial charge in [0.2, 0.25) is 0 Å². The highest BCUT2D eigenvalue weighted by Crippen LogP contribution is 2.25. The molecule has 3 heterocycles. The van der Waals surface area contributed by atoms with Gasteiger partial charge in [-0.2, -0.15) is 5.10 Å². The van der Waals surface area contributed by atoms with Gasteiger partial charge < -0.3 is 9.30 Å². The van der Waals surface area contributed by atoms with Gasteiger partial charge in [-0.15, -0.1) is 10.2 Å². The van der Waals surface area contributed by atoms with Crippen LogP contribution in [0.15, 0.2) is 12.4 Å². The second-order valence-electron chi connectivity index (χ2n) is 5.04. The number of esters is 1. The Morgan fingerprint density at radius 1 is 1.40 bits per heavy atom. The van der Waals surface area contributed by atoms with E-state index in [0.717, 1.165) is 43.0 Å². The highest BCUT2D eigenvalue weighted by molar-refractivity contribution is 5.72. The quantitative estimate of drug-likeness (QED) is 0.758. The average molecular weight is 275 g/mol. The van der Waals surface area contributed by atoms with E-state index in [1.807, 2.05) is 13.2 Å². The molecule has 0 aliphatic carbocycles. The normalized spacial score (nSPS) is 18.4. The van der Waals surface area contributed by atoms with Gasteiger partial charge in [0.1, 0.15) is 5.82 Å². The van der Waals surface area contributed by atoms with Crippen molar-refractivity contribution < 1.29 is 9.53 Å². The molecule has 1 aliphatic heterocycles. The van der Waals surface area contributed by atoms with Gasteiger partial charge in [0.15, 0.2) is 5.82 Å². The summed E-state index contributed by atoms with van der Waals surface area (Å²) in [6.07, 6.45) is 5.95. The minimum Gasteiger partial charge on any atom is -0.469 e. The fourth-order valence-corrected chi connectivity index (χ4v) is 2.64. The molecule has 0 amide bonds. The van der Waals surface area contributed by atoms with Crippen LogP contribution in [0.4, 0.5) is 0 Å². The Hall–Kier alpha value is -2.18. The van der Waals surface area contributed by atoms with E-state index in [9.17, 15) is 4.79 Å². The molecule has 1 atom stereocenters. The van der Waals surface area contributed by atoms with Crippen molar-refractivity contribution >= 4 is 5.97 Å². The second-order valence-corrected chi connectivity index (χ2v) is 5.04. The first-order valence-corrected chi connectivity index (χ1v) is 6.68. The summed E-state index contributed by atoms with van der Waals surface area (Å²) in [5.74, 6) is 1.56. The largest absolute Gasteiger partial charge is 0.469 e. The molecule has 0 saturated heterocycles. The van der Waals surface area contributed by atoms with Crippen molar-refractivity contribution in [2.75, 3.05) is 7.11 Å². The minimum atomic E-state index is -0.133. The van der Waals surface area contributed by atoms with Crippen molar-refractivity contribution in [3.63, 3.8) is 0 Å². The number of ether oxygens (including phenoxy) is 1. The maximum Gasteiger partial charge on any atom is 0.308 e. The van der Waals surface area contributed by atoms with Crippen LogP contribution in [0.5, 0.6) is 0 Å². The van der Waals surface area contributed by atoms with Crippen LogP contribution in [0, 0.1) is 5.92 Å². The Balaban J connectivity index is 1.87. The third-order valence-corrected chi connectivity index (χ3v) is 3.74. The summed E-state index contributed by atoms with van der Waals surface area (Å²) in [5, 5.41) is 12.7. The summed E-state index contributed by atoms with van der Waals surface area (Å²) in [7, 11) is 3.31. The number of aryl methyl sites for hydroxylation is 2. The Kier molecular flexibility index (Phi) is 3.25. The van der Waals surface area contributed by atoms with Crippen LogP contribution < -0.4 is 0 Å². The molecular formula is C13H17N5O2. The topological polar surface area (TPSA) is 74.8 Å². The number of nitrogens with zero attached hydrogens (tertiary/aromatic N) is 5. The van der Waals surface area contributed by atoms with Crippen LogP contribution in [-0.2, 0) is 29.5 Å². The van der Waals surface area contributed by atoms with Crippen LogP contribution in [0.3, 0.4) is 0 Å². The number of carbonyl (C=O) groups is 1. The average Bonchev–Trinajstić information content (AvgIpc) is 2.99. The van der Waals surface area contributed by atoms with Crippen molar-refractivity contribution in [2.45, 2.75) is 25.8 Å². The van der Waals surface area contributed by atoms with Gasteiger partial charge in [-0.25, -0.2) is 0 Å². The number of aromatic nitrogens is 5. The molecule has 0 fully saturated rings. The van der Waals surface area contributed by atoms with Gasteiger partial charge >= 0.3 is 5.97 Å². The van der Waals surface area contributed by atoms with Gasteiger partial charge in [0.25, 0.3) is 0 Å². The molecule has 0 saturated carbocycles. The van der Waals surface area contributed by atoms with Gasteiger partial charge in [-0.05, 0) is 12.8 Å². The molecule has 0 N–H and O–H groups in total. The molecule has 2 aromatic heterocycles. The molecule has 0 radical (unpaired) electrons. The number of rotatable bonds is 2. The zero-order valence-corrected chi connectivity index (χ0v) is 11.6. The van der Waals surface area contributed by atoms with Gasteiger partial charge in [-0.3, -0.25) is 9.48 Å². The van der Waals surface area contributed by atoms with E-state index < -0.39 is 0 Å². The first kappa shape index (κ1) is 12.8. The van der Waals surface area contributed by atoms with E-state index in [1.54, 1.807) is 10.9 Å². The molecule has 0 bridgehead atoms. The van der Waals surface area contributed by atoms with E-state index >= 15 is 0 Å². The van der Waals surface area contributed by atoms with Gasteiger partial charge in [0, 0.05) is 26.2 Å². The van der Waals surface area contributed by atoms with Crippen molar-refractivity contribution in [1.29, 1.82) is 0 Å². The lowest BCUT2D eigenvalue weighted by Gasteiger charge is -2.10. The number of carbonyl (C=O) groups excluding carboxylic acids is 1. The fraction of sp³-hybridized carbons (Fsp3) is 0.538. The maximum atomic E-state index is 11.7. The molecule has 106 valence electrons. The lowest BCUT2D eigenvalue weighted by molar-refractivity contribution is -0.145. The summed E-state index contributed by atoms with van der Waals surface area (Å²) >= 11 is 0. The zero-order valence-electron chi connectivity index (χ0n) is 11.6. The molecular weight excluding hydrogens is 258 g/mol. The lowest BCUT2D eigenvalue weighted by Crippen LogP contribution is -2.16. The van der Waals surface area contributed by atoms with E-state index in [-0.39, 0.29) is 11.9 Å². The van der Waals surface area contributed by atoms with Crippen LogP contribution in [0.2, 0.25) is 0 Å². The monoisotopic (exact) mass is 275 g/mol. The zero-order chi connectivity index (χ0) is 14.1. The molecule has 1 unspecified atom stereocenters. The molecule has 1 aliphatic rings. The Morgan fingerprint density at radius 3 is 2.95 bits per heavy atom. The number of hydrogen-bond acceptors (Lipinski definition) is 5. The number of hydrogen-bond donors (Lipinski definition) is 0. The number of fused-ring (bicyclic) bond motifs is 1. The molecule has 7 heteroatoms. The highest BCUT2D eigenvalue weighted by atomic mass is 16.5. The molecule has 7 nitrogen and oxygen atoms in total. The molecule has 20 heavy (non-hydrogen) atoms. The van der Waals surface area contributed by atoms with Crippen LogP contribution in [0.1, 0.15) is 18.7 Å². The van der Waals surface area contributed by atoms with Crippen molar-refractivity contribution in [2.24, 2.45) is 13.0 Å². The Morgan fingerprint density at radius 2 is 2.25 bits per heavy atom. The van der Waals surface area contributed by atoms with E-state index in [4.69, 9.17) is 4.74 Å². The predicted molar refractivity (Wildman–Crippen MR) is 70.7 cm³/mol. The summed E-state index contributed by atoms with van der Waals surface area (Å²) < 4.78 is 8.67. The van der Waals surface area contributed by atoms with Crippen molar-refractivity contribution in [1.82, 2.24) is 24.5 Å². The molecule has 0 aromatic carbocycles. The van der Waals surface area contributed by atoms with Crippen molar-refractivity contribution in [3.05, 3.63) is 18.2 Å². The van der Waals surface area contributed by atoms with Crippen LogP contribution >= 0.6 is 0 Å². The predicted octanol–water partition coefficient (Wildman–Crippen LogP) is 0.804. The van der Waals surface area contributed by atoms with E-state index in [1.165, 1.54) is 7.11 Å². The molecule has 2 aromatic rings. The Bertz CT molecular complexity index is 630. The molecule has 3 rings (SSSR count). The minimum absolute atomic E-state index is 0.0524. The fourth-order valence-electron chi connectivity index (χ4n) is 2.64. The maximum absolute atomic E-state index is 11.7. The summed E-state index contributed by atoms with van der Waals surface area (Å²) in [6.45, 7) is 0.728. The van der Waals surface area contributed by atoms with E-state index in [2.05, 4.69) is 19.9 Å². The van der Waals surface area contributed by atoms with Gasteiger partial charge in [0.05, 0.1) is 24.8 Å². The third kappa shape index (κ3) is 2.19. The smallest absolute Gasteiger partial charge is 0.308 e. The van der Waals surface area contributed by atoms with Crippen molar-refractivity contribution in [3.8, 4) is 11.4 Å². The number of methoxy groups -OCH3 is 1. The first-order valence-electron chi connectivity index (χ1n) is 6.68. The second kappa shape index (κ2) is 5.07. The standard InChI is InChI=1S/C13H17N5O2/c1-17-8-10(7-14-17)12-16-15-11-4-3-9(13(19)20-2)5-6-18(11)12/h7-9H,3-6H2,1-2H3. The first-order chi connectivity index (χ1) is 9.69. The van der Waals surface area contributed by atoms with E-state index in [0.29, 0.717) is 0 Å². The molecule has 0 spiro atoms. The SMILES string of the molecule is COC(=O)C1CCc2nnc(-c3cnn(C)c3)n2CC1. The van der Waals surface area contributed by atoms with Gasteiger partial charge in [-0.1, -0.05) is 0 Å². The third-order valence-electron chi connectivity index (χ3n) is 3.74. The summed E-state index contributed by atoms with van der Waals surface area (Å²) in [6, 6.07) is 0.